The maximum absolute atomic E-state index is 8.78. The van der Waals surface area contributed by atoms with Gasteiger partial charge in [-0.1, -0.05) is 37.3 Å². The van der Waals surface area contributed by atoms with E-state index in [4.69, 9.17) is 5.11 Å². The molecule has 0 fully saturated rings. The summed E-state index contributed by atoms with van der Waals surface area (Å²) in [4.78, 5) is 0. The SMILES string of the molecule is CC(CCO)CNCCCCc1ccccc1. The third-order valence-corrected chi connectivity index (χ3v) is 3.03. The van der Waals surface area contributed by atoms with Crippen molar-refractivity contribution >= 4 is 0 Å². The lowest BCUT2D eigenvalue weighted by Crippen LogP contribution is -2.22. The van der Waals surface area contributed by atoms with Crippen molar-refractivity contribution in [2.24, 2.45) is 5.92 Å². The Morgan fingerprint density at radius 1 is 1.18 bits per heavy atom. The molecular weight excluding hydrogens is 210 g/mol. The van der Waals surface area contributed by atoms with E-state index in [0.717, 1.165) is 19.5 Å². The van der Waals surface area contributed by atoms with E-state index in [1.165, 1.54) is 24.8 Å². The molecule has 0 radical (unpaired) electrons. The fourth-order valence-corrected chi connectivity index (χ4v) is 1.89. The van der Waals surface area contributed by atoms with Crippen LogP contribution in [0.25, 0.3) is 0 Å². The molecule has 0 spiro atoms. The maximum atomic E-state index is 8.78. The zero-order chi connectivity index (χ0) is 12.3. The molecule has 0 amide bonds. The third-order valence-electron chi connectivity index (χ3n) is 3.03. The number of benzene rings is 1. The van der Waals surface area contributed by atoms with E-state index in [1.807, 2.05) is 0 Å². The number of aliphatic hydroxyl groups is 1. The van der Waals surface area contributed by atoms with Crippen LogP contribution >= 0.6 is 0 Å². The van der Waals surface area contributed by atoms with Crippen LogP contribution in [0, 0.1) is 5.92 Å². The minimum Gasteiger partial charge on any atom is -0.396 e. The summed E-state index contributed by atoms with van der Waals surface area (Å²) in [5.74, 6) is 0.578. The van der Waals surface area contributed by atoms with Crippen LogP contribution in [-0.4, -0.2) is 24.8 Å². The van der Waals surface area contributed by atoms with Gasteiger partial charge in [-0.15, -0.1) is 0 Å². The van der Waals surface area contributed by atoms with Crippen LogP contribution in [0.2, 0.25) is 0 Å². The van der Waals surface area contributed by atoms with Crippen molar-refractivity contribution in [2.45, 2.75) is 32.6 Å². The van der Waals surface area contributed by atoms with Gasteiger partial charge in [-0.3, -0.25) is 0 Å². The monoisotopic (exact) mass is 235 g/mol. The van der Waals surface area contributed by atoms with Crippen molar-refractivity contribution in [1.29, 1.82) is 0 Å². The molecule has 0 aliphatic heterocycles. The highest BCUT2D eigenvalue weighted by atomic mass is 16.3. The summed E-state index contributed by atoms with van der Waals surface area (Å²) in [7, 11) is 0. The van der Waals surface area contributed by atoms with Crippen molar-refractivity contribution in [3.63, 3.8) is 0 Å². The summed E-state index contributed by atoms with van der Waals surface area (Å²) >= 11 is 0. The van der Waals surface area contributed by atoms with Crippen LogP contribution in [0.3, 0.4) is 0 Å². The first-order valence-electron chi connectivity index (χ1n) is 6.68. The van der Waals surface area contributed by atoms with E-state index in [-0.39, 0.29) is 0 Å². The van der Waals surface area contributed by atoms with E-state index in [0.29, 0.717) is 12.5 Å². The molecule has 0 saturated heterocycles. The lowest BCUT2D eigenvalue weighted by Gasteiger charge is -2.10. The number of hydrogen-bond donors (Lipinski definition) is 2. The zero-order valence-corrected chi connectivity index (χ0v) is 10.9. The first-order chi connectivity index (χ1) is 8.33. The number of rotatable bonds is 9. The van der Waals surface area contributed by atoms with Crippen molar-refractivity contribution in [3.05, 3.63) is 35.9 Å². The Labute approximate surface area is 105 Å². The van der Waals surface area contributed by atoms with Crippen LogP contribution < -0.4 is 5.32 Å². The summed E-state index contributed by atoms with van der Waals surface area (Å²) in [6.45, 7) is 4.58. The smallest absolute Gasteiger partial charge is 0.0434 e. The van der Waals surface area contributed by atoms with Gasteiger partial charge >= 0.3 is 0 Å². The Morgan fingerprint density at radius 2 is 1.94 bits per heavy atom. The van der Waals surface area contributed by atoms with Gasteiger partial charge in [-0.05, 0) is 50.3 Å². The Morgan fingerprint density at radius 3 is 2.65 bits per heavy atom. The second-order valence-corrected chi connectivity index (χ2v) is 4.76. The minimum absolute atomic E-state index is 0.302. The molecule has 0 aliphatic carbocycles. The van der Waals surface area contributed by atoms with Crippen molar-refractivity contribution in [2.75, 3.05) is 19.7 Å². The summed E-state index contributed by atoms with van der Waals surface area (Å²) in [5, 5.41) is 12.2. The first-order valence-corrected chi connectivity index (χ1v) is 6.68. The second-order valence-electron chi connectivity index (χ2n) is 4.76. The van der Waals surface area contributed by atoms with Crippen molar-refractivity contribution < 1.29 is 5.11 Å². The van der Waals surface area contributed by atoms with Gasteiger partial charge in [-0.25, -0.2) is 0 Å². The number of nitrogens with one attached hydrogen (secondary N) is 1. The van der Waals surface area contributed by atoms with Gasteiger partial charge in [0.25, 0.3) is 0 Å². The Bertz CT molecular complexity index is 274. The molecule has 17 heavy (non-hydrogen) atoms. The minimum atomic E-state index is 0.302. The normalized spacial score (nSPS) is 12.6. The van der Waals surface area contributed by atoms with Gasteiger partial charge < -0.3 is 10.4 Å². The quantitative estimate of drug-likeness (QED) is 0.645. The molecule has 0 saturated carbocycles. The van der Waals surface area contributed by atoms with Crippen molar-refractivity contribution in [3.8, 4) is 0 Å². The first kappa shape index (κ1) is 14.2. The summed E-state index contributed by atoms with van der Waals surface area (Å²) in [5.41, 5.74) is 1.43. The van der Waals surface area contributed by atoms with Gasteiger partial charge in [-0.2, -0.15) is 0 Å². The topological polar surface area (TPSA) is 32.3 Å². The molecule has 2 heteroatoms. The predicted octanol–water partition coefficient (Wildman–Crippen LogP) is 2.62. The molecule has 1 aromatic carbocycles. The Hall–Kier alpha value is -0.860. The number of hydrogen-bond acceptors (Lipinski definition) is 2. The Kier molecular flexibility index (Phi) is 7.69. The molecule has 2 N–H and O–H groups in total. The number of aryl methyl sites for hydroxylation is 1. The molecule has 96 valence electrons. The predicted molar refractivity (Wildman–Crippen MR) is 73.1 cm³/mol. The van der Waals surface area contributed by atoms with E-state index < -0.39 is 0 Å². The molecule has 1 unspecified atom stereocenters. The van der Waals surface area contributed by atoms with Crippen LogP contribution in [0.5, 0.6) is 0 Å². The zero-order valence-electron chi connectivity index (χ0n) is 10.9. The summed E-state index contributed by atoms with van der Waals surface area (Å²) in [6, 6.07) is 10.6. The maximum Gasteiger partial charge on any atom is 0.0434 e. The highest BCUT2D eigenvalue weighted by Gasteiger charge is 1.99. The highest BCUT2D eigenvalue weighted by Crippen LogP contribution is 2.04. The van der Waals surface area contributed by atoms with E-state index in [2.05, 4.69) is 42.6 Å². The molecule has 0 heterocycles. The number of aliphatic hydroxyl groups excluding tert-OH is 1. The average molecular weight is 235 g/mol. The van der Waals surface area contributed by atoms with E-state index in [1.54, 1.807) is 0 Å². The molecule has 2 nitrogen and oxygen atoms in total. The summed E-state index contributed by atoms with van der Waals surface area (Å²) in [6.07, 6.45) is 4.54. The lowest BCUT2D eigenvalue weighted by molar-refractivity contribution is 0.260. The molecule has 0 bridgehead atoms. The van der Waals surface area contributed by atoms with Crippen LogP contribution in [-0.2, 0) is 6.42 Å². The standard InChI is InChI=1S/C15H25NO/c1-14(10-12-17)13-16-11-6-5-9-15-7-3-2-4-8-15/h2-4,7-8,14,16-17H,5-6,9-13H2,1H3. The highest BCUT2D eigenvalue weighted by molar-refractivity contribution is 5.14. The van der Waals surface area contributed by atoms with Gasteiger partial charge in [0.2, 0.25) is 0 Å². The second kappa shape index (κ2) is 9.20. The number of unbranched alkanes of at least 4 members (excludes halogenated alkanes) is 1. The molecular formula is C15H25NO. The van der Waals surface area contributed by atoms with Gasteiger partial charge in [0.15, 0.2) is 0 Å². The molecule has 0 aliphatic rings. The lowest BCUT2D eigenvalue weighted by atomic mass is 10.1. The fraction of sp³-hybridized carbons (Fsp3) is 0.600. The molecule has 0 aromatic heterocycles. The van der Waals surface area contributed by atoms with Gasteiger partial charge in [0, 0.05) is 6.61 Å². The average Bonchev–Trinajstić information content (AvgIpc) is 2.35. The Balaban J connectivity index is 1.95. The molecule has 1 aromatic rings. The van der Waals surface area contributed by atoms with Crippen LogP contribution in [0.4, 0.5) is 0 Å². The summed E-state index contributed by atoms with van der Waals surface area (Å²) < 4.78 is 0. The van der Waals surface area contributed by atoms with E-state index >= 15 is 0 Å². The molecule has 1 rings (SSSR count). The largest absolute Gasteiger partial charge is 0.396 e. The van der Waals surface area contributed by atoms with Crippen LogP contribution in [0.1, 0.15) is 31.7 Å². The third kappa shape index (κ3) is 7.14. The van der Waals surface area contributed by atoms with Crippen LogP contribution in [0.15, 0.2) is 30.3 Å². The fourth-order valence-electron chi connectivity index (χ4n) is 1.89. The van der Waals surface area contributed by atoms with E-state index in [9.17, 15) is 0 Å². The van der Waals surface area contributed by atoms with Gasteiger partial charge in [0.05, 0.1) is 0 Å². The van der Waals surface area contributed by atoms with Gasteiger partial charge in [0.1, 0.15) is 0 Å². The van der Waals surface area contributed by atoms with Crippen molar-refractivity contribution in [1.82, 2.24) is 5.32 Å². The molecule has 1 atom stereocenters.